The van der Waals surface area contributed by atoms with Gasteiger partial charge in [-0.3, -0.25) is 9.59 Å². The highest BCUT2D eigenvalue weighted by molar-refractivity contribution is 9.10. The maximum atomic E-state index is 11.7. The van der Waals surface area contributed by atoms with E-state index in [4.69, 9.17) is 11.6 Å². The van der Waals surface area contributed by atoms with Crippen LogP contribution in [0.25, 0.3) is 0 Å². The first kappa shape index (κ1) is 12.9. The van der Waals surface area contributed by atoms with Crippen LogP contribution in [0, 0.1) is 0 Å². The SMILES string of the molecule is CC(Br)C(=O)c1cccc(C(=O)Cl)c1Br. The van der Waals surface area contributed by atoms with Crippen LogP contribution >= 0.6 is 43.5 Å². The Morgan fingerprint density at radius 2 is 1.87 bits per heavy atom. The molecule has 0 bridgehead atoms. The summed E-state index contributed by atoms with van der Waals surface area (Å²) in [7, 11) is 0. The molecule has 1 unspecified atom stereocenters. The molecular weight excluding hydrogens is 347 g/mol. The minimum atomic E-state index is -0.584. The van der Waals surface area contributed by atoms with Gasteiger partial charge in [-0.15, -0.1) is 0 Å². The summed E-state index contributed by atoms with van der Waals surface area (Å²) in [5, 5.41) is -0.584. The fourth-order valence-electron chi connectivity index (χ4n) is 1.09. The molecule has 0 saturated carbocycles. The summed E-state index contributed by atoms with van der Waals surface area (Å²) >= 11 is 11.8. The zero-order valence-corrected chi connectivity index (χ0v) is 11.7. The Kier molecular flexibility index (Phi) is 4.49. The number of carbonyl (C=O) groups excluding carboxylic acids is 2. The Morgan fingerprint density at radius 3 is 2.33 bits per heavy atom. The van der Waals surface area contributed by atoms with Gasteiger partial charge in [0.2, 0.25) is 0 Å². The minimum Gasteiger partial charge on any atom is -0.293 e. The van der Waals surface area contributed by atoms with E-state index >= 15 is 0 Å². The van der Waals surface area contributed by atoms with E-state index in [0.717, 1.165) is 0 Å². The second kappa shape index (κ2) is 5.23. The fourth-order valence-corrected chi connectivity index (χ4v) is 2.25. The molecule has 0 aliphatic carbocycles. The van der Waals surface area contributed by atoms with Crippen LogP contribution in [-0.4, -0.2) is 15.9 Å². The molecule has 1 aromatic carbocycles. The number of carbonyl (C=O) groups is 2. The summed E-state index contributed by atoms with van der Waals surface area (Å²) in [6.45, 7) is 1.73. The Labute approximate surface area is 109 Å². The second-order valence-corrected chi connectivity index (χ2v) is 5.43. The fraction of sp³-hybridized carbons (Fsp3) is 0.200. The largest absolute Gasteiger partial charge is 0.293 e. The molecule has 2 nitrogen and oxygen atoms in total. The zero-order valence-electron chi connectivity index (χ0n) is 7.76. The summed E-state index contributed by atoms with van der Waals surface area (Å²) in [5.41, 5.74) is 0.751. The molecule has 1 aromatic rings. The van der Waals surface area contributed by atoms with Gasteiger partial charge in [-0.1, -0.05) is 28.1 Å². The molecule has 0 radical (unpaired) electrons. The lowest BCUT2D eigenvalue weighted by molar-refractivity contribution is 0.0995. The Balaban J connectivity index is 3.27. The number of halogens is 3. The van der Waals surface area contributed by atoms with Crippen molar-refractivity contribution < 1.29 is 9.59 Å². The molecule has 0 fully saturated rings. The van der Waals surface area contributed by atoms with Gasteiger partial charge in [0.05, 0.1) is 4.83 Å². The van der Waals surface area contributed by atoms with E-state index in [1.54, 1.807) is 25.1 Å². The van der Waals surface area contributed by atoms with Crippen LogP contribution in [0.5, 0.6) is 0 Å². The first-order valence-electron chi connectivity index (χ1n) is 4.11. The average molecular weight is 354 g/mol. The van der Waals surface area contributed by atoms with Crippen molar-refractivity contribution in [1.82, 2.24) is 0 Å². The molecule has 5 heteroatoms. The lowest BCUT2D eigenvalue weighted by Gasteiger charge is -2.07. The molecular formula is C10H7Br2ClO2. The number of hydrogen-bond donors (Lipinski definition) is 0. The van der Waals surface area contributed by atoms with Gasteiger partial charge in [-0.05, 0) is 40.5 Å². The maximum absolute atomic E-state index is 11.7. The van der Waals surface area contributed by atoms with Crippen molar-refractivity contribution in [3.8, 4) is 0 Å². The smallest absolute Gasteiger partial charge is 0.253 e. The van der Waals surface area contributed by atoms with Crippen molar-refractivity contribution in [2.24, 2.45) is 0 Å². The number of hydrogen-bond acceptors (Lipinski definition) is 2. The quantitative estimate of drug-likeness (QED) is 0.470. The predicted octanol–water partition coefficient (Wildman–Crippen LogP) is 3.79. The van der Waals surface area contributed by atoms with Gasteiger partial charge in [-0.25, -0.2) is 0 Å². The molecule has 15 heavy (non-hydrogen) atoms. The molecule has 1 rings (SSSR count). The summed E-state index contributed by atoms with van der Waals surface area (Å²) in [5.74, 6) is -0.0957. The first-order chi connectivity index (χ1) is 6.95. The first-order valence-corrected chi connectivity index (χ1v) is 6.20. The van der Waals surface area contributed by atoms with Crippen molar-refractivity contribution in [2.75, 3.05) is 0 Å². The van der Waals surface area contributed by atoms with Gasteiger partial charge in [0, 0.05) is 15.6 Å². The molecule has 0 aliphatic heterocycles. The van der Waals surface area contributed by atoms with Crippen LogP contribution in [-0.2, 0) is 0 Å². The molecule has 0 saturated heterocycles. The Bertz CT molecular complexity index is 416. The molecule has 0 heterocycles. The zero-order chi connectivity index (χ0) is 11.6. The van der Waals surface area contributed by atoms with Crippen LogP contribution in [0.2, 0.25) is 0 Å². The number of Topliss-reactive ketones (excluding diaryl/α,β-unsaturated/α-hetero) is 1. The molecule has 0 N–H and O–H groups in total. The van der Waals surface area contributed by atoms with Crippen LogP contribution in [0.4, 0.5) is 0 Å². The van der Waals surface area contributed by atoms with Crippen LogP contribution < -0.4 is 0 Å². The highest BCUT2D eigenvalue weighted by Crippen LogP contribution is 2.25. The number of alkyl halides is 1. The third kappa shape index (κ3) is 2.89. The van der Waals surface area contributed by atoms with Crippen molar-refractivity contribution in [3.63, 3.8) is 0 Å². The van der Waals surface area contributed by atoms with Gasteiger partial charge < -0.3 is 0 Å². The highest BCUT2D eigenvalue weighted by atomic mass is 79.9. The second-order valence-electron chi connectivity index (χ2n) is 2.92. The molecule has 0 spiro atoms. The summed E-state index contributed by atoms with van der Waals surface area (Å²) < 4.78 is 0.446. The maximum Gasteiger partial charge on any atom is 0.253 e. The van der Waals surface area contributed by atoms with Crippen LogP contribution in [0.15, 0.2) is 22.7 Å². The third-order valence-corrected chi connectivity index (χ3v) is 3.31. The van der Waals surface area contributed by atoms with E-state index in [1.807, 2.05) is 0 Å². The lowest BCUT2D eigenvalue weighted by atomic mass is 10.1. The normalized spacial score (nSPS) is 12.3. The predicted molar refractivity (Wildman–Crippen MR) is 67.0 cm³/mol. The van der Waals surface area contributed by atoms with Crippen molar-refractivity contribution in [3.05, 3.63) is 33.8 Å². The highest BCUT2D eigenvalue weighted by Gasteiger charge is 2.18. The van der Waals surface area contributed by atoms with Crippen LogP contribution in [0.3, 0.4) is 0 Å². The summed E-state index contributed by atoms with van der Waals surface area (Å²) in [6.07, 6.45) is 0. The lowest BCUT2D eigenvalue weighted by Crippen LogP contribution is -2.11. The minimum absolute atomic E-state index is 0.0957. The van der Waals surface area contributed by atoms with Gasteiger partial charge in [-0.2, -0.15) is 0 Å². The Morgan fingerprint density at radius 1 is 1.33 bits per heavy atom. The summed E-state index contributed by atoms with van der Waals surface area (Å²) in [4.78, 5) is 22.4. The monoisotopic (exact) mass is 352 g/mol. The average Bonchev–Trinajstić information content (AvgIpc) is 2.16. The molecule has 0 aliphatic rings. The van der Waals surface area contributed by atoms with Crippen LogP contribution in [0.1, 0.15) is 27.6 Å². The Hall–Kier alpha value is -0.190. The third-order valence-electron chi connectivity index (χ3n) is 1.84. The van der Waals surface area contributed by atoms with E-state index in [0.29, 0.717) is 15.6 Å². The molecule has 0 aromatic heterocycles. The van der Waals surface area contributed by atoms with Crippen molar-refractivity contribution in [1.29, 1.82) is 0 Å². The topological polar surface area (TPSA) is 34.1 Å². The van der Waals surface area contributed by atoms with E-state index < -0.39 is 5.24 Å². The van der Waals surface area contributed by atoms with E-state index in [2.05, 4.69) is 31.9 Å². The molecule has 1 atom stereocenters. The number of ketones is 1. The van der Waals surface area contributed by atoms with Gasteiger partial charge in [0.1, 0.15) is 0 Å². The molecule has 0 amide bonds. The van der Waals surface area contributed by atoms with Gasteiger partial charge in [0.25, 0.3) is 5.24 Å². The van der Waals surface area contributed by atoms with E-state index in [9.17, 15) is 9.59 Å². The number of benzene rings is 1. The van der Waals surface area contributed by atoms with Gasteiger partial charge in [0.15, 0.2) is 5.78 Å². The van der Waals surface area contributed by atoms with E-state index in [-0.39, 0.29) is 10.6 Å². The van der Waals surface area contributed by atoms with Crippen molar-refractivity contribution in [2.45, 2.75) is 11.8 Å². The van der Waals surface area contributed by atoms with Crippen molar-refractivity contribution >= 4 is 54.5 Å². The van der Waals surface area contributed by atoms with E-state index in [1.165, 1.54) is 0 Å². The molecule has 80 valence electrons. The van der Waals surface area contributed by atoms with Gasteiger partial charge >= 0.3 is 0 Å². The number of rotatable bonds is 3. The summed E-state index contributed by atoms with van der Waals surface area (Å²) in [6, 6.07) is 4.84. The standard InChI is InChI=1S/C10H7Br2ClO2/c1-5(11)9(14)6-3-2-4-7(8(6)12)10(13)15/h2-5H,1H3.